The summed E-state index contributed by atoms with van der Waals surface area (Å²) < 4.78 is 19.7. The first-order valence-corrected chi connectivity index (χ1v) is 7.68. The van der Waals surface area contributed by atoms with E-state index in [9.17, 15) is 9.50 Å². The Kier molecular flexibility index (Phi) is 2.67. The fourth-order valence-electron chi connectivity index (χ4n) is 3.35. The number of aliphatic hydroxyl groups excluding tert-OH is 1. The van der Waals surface area contributed by atoms with Crippen molar-refractivity contribution in [2.75, 3.05) is 0 Å². The number of aromatic nitrogens is 1. The number of hydrogen-bond donors (Lipinski definition) is 1. The maximum absolute atomic E-state index is 13.8. The lowest BCUT2D eigenvalue weighted by Gasteiger charge is -2.21. The summed E-state index contributed by atoms with van der Waals surface area (Å²) in [4.78, 5) is 4.77. The Labute approximate surface area is 137 Å². The Morgan fingerprint density at radius 2 is 1.88 bits per heavy atom. The predicted molar refractivity (Wildman–Crippen MR) is 90.6 cm³/mol. The lowest BCUT2D eigenvalue weighted by molar-refractivity contribution is 0.282. The van der Waals surface area contributed by atoms with Gasteiger partial charge in [0, 0.05) is 10.9 Å². The fourth-order valence-corrected chi connectivity index (χ4v) is 3.35. The van der Waals surface area contributed by atoms with Gasteiger partial charge in [-0.05, 0) is 41.3 Å². The molecule has 0 amide bonds. The van der Waals surface area contributed by atoms with Crippen LogP contribution in [0.25, 0.3) is 32.9 Å². The first-order chi connectivity index (χ1) is 11.7. The van der Waals surface area contributed by atoms with Gasteiger partial charge >= 0.3 is 0 Å². The van der Waals surface area contributed by atoms with Crippen molar-refractivity contribution >= 4 is 21.7 Å². The lowest BCUT2D eigenvalue weighted by Crippen LogP contribution is -2.00. The second-order valence-electron chi connectivity index (χ2n) is 5.89. The molecule has 0 unspecified atom stereocenters. The smallest absolute Gasteiger partial charge is 0.137 e. The normalized spacial score (nSPS) is 12.2. The molecule has 0 atom stereocenters. The SMILES string of the molecule is OCc1ccc2c(c1)nc1c3c(cccc32)Oc2ccc(F)cc2-1. The van der Waals surface area contributed by atoms with E-state index in [1.165, 1.54) is 12.1 Å². The minimum Gasteiger partial charge on any atom is -0.456 e. The number of fused-ring (bicyclic) bond motifs is 4. The summed E-state index contributed by atoms with van der Waals surface area (Å²) in [6, 6.07) is 16.0. The Morgan fingerprint density at radius 3 is 2.75 bits per heavy atom. The number of nitrogens with zero attached hydrogens (tertiary/aromatic N) is 1. The first-order valence-electron chi connectivity index (χ1n) is 7.68. The van der Waals surface area contributed by atoms with Gasteiger partial charge in [-0.2, -0.15) is 0 Å². The molecule has 0 fully saturated rings. The molecule has 116 valence electrons. The highest BCUT2D eigenvalue weighted by molar-refractivity contribution is 6.14. The molecule has 2 heterocycles. The molecule has 4 aromatic rings. The van der Waals surface area contributed by atoms with E-state index in [1.807, 2.05) is 36.4 Å². The summed E-state index contributed by atoms with van der Waals surface area (Å²) in [5.74, 6) is 1.000. The second-order valence-corrected chi connectivity index (χ2v) is 5.89. The molecule has 3 aromatic carbocycles. The van der Waals surface area contributed by atoms with Crippen LogP contribution in [-0.2, 0) is 6.61 Å². The average molecular weight is 317 g/mol. The van der Waals surface area contributed by atoms with Crippen molar-refractivity contribution in [3.63, 3.8) is 0 Å². The molecule has 0 bridgehead atoms. The highest BCUT2D eigenvalue weighted by Gasteiger charge is 2.23. The molecule has 1 aliphatic heterocycles. The van der Waals surface area contributed by atoms with Crippen LogP contribution >= 0.6 is 0 Å². The minimum atomic E-state index is -0.323. The van der Waals surface area contributed by atoms with Gasteiger partial charge in [0.05, 0.1) is 23.2 Å². The molecule has 3 nitrogen and oxygen atoms in total. The van der Waals surface area contributed by atoms with Gasteiger partial charge in [0.2, 0.25) is 0 Å². The van der Waals surface area contributed by atoms with Gasteiger partial charge in [0.1, 0.15) is 17.3 Å². The third kappa shape index (κ3) is 1.77. The molecule has 1 N–H and O–H groups in total. The molecule has 4 heteroatoms. The van der Waals surface area contributed by atoms with E-state index >= 15 is 0 Å². The lowest BCUT2D eigenvalue weighted by atomic mass is 9.96. The highest BCUT2D eigenvalue weighted by atomic mass is 19.1. The van der Waals surface area contributed by atoms with Gasteiger partial charge in [-0.1, -0.05) is 24.3 Å². The van der Waals surface area contributed by atoms with Crippen molar-refractivity contribution in [2.45, 2.75) is 6.61 Å². The molecule has 24 heavy (non-hydrogen) atoms. The van der Waals surface area contributed by atoms with Crippen LogP contribution in [0.3, 0.4) is 0 Å². The molecular weight excluding hydrogens is 305 g/mol. The van der Waals surface area contributed by atoms with Gasteiger partial charge in [0.25, 0.3) is 0 Å². The molecule has 0 saturated heterocycles. The summed E-state index contributed by atoms with van der Waals surface area (Å²) >= 11 is 0. The molecule has 1 aliphatic rings. The highest BCUT2D eigenvalue weighted by Crippen LogP contribution is 2.47. The molecule has 0 saturated carbocycles. The Balaban J connectivity index is 1.98. The van der Waals surface area contributed by atoms with Crippen molar-refractivity contribution in [3.8, 4) is 22.8 Å². The number of ether oxygens (including phenoxy) is 1. The van der Waals surface area contributed by atoms with E-state index < -0.39 is 0 Å². The van der Waals surface area contributed by atoms with Crippen LogP contribution in [-0.4, -0.2) is 10.1 Å². The quantitative estimate of drug-likeness (QED) is 0.452. The van der Waals surface area contributed by atoms with Gasteiger partial charge in [-0.25, -0.2) is 9.37 Å². The zero-order valence-electron chi connectivity index (χ0n) is 12.6. The zero-order valence-corrected chi connectivity index (χ0v) is 12.6. The largest absolute Gasteiger partial charge is 0.456 e. The van der Waals surface area contributed by atoms with Crippen LogP contribution < -0.4 is 4.74 Å². The fraction of sp³-hybridized carbons (Fsp3) is 0.0500. The van der Waals surface area contributed by atoms with Crippen LogP contribution in [0.2, 0.25) is 0 Å². The standard InChI is InChI=1S/C20H12FNO2/c21-12-5-7-17-15(9-12)20-19-14(2-1-3-18(19)24-17)13-6-4-11(10-23)8-16(13)22-20/h1-9,23H,10H2. The van der Waals surface area contributed by atoms with E-state index in [1.54, 1.807) is 6.07 Å². The summed E-state index contributed by atoms with van der Waals surface area (Å²) in [6.07, 6.45) is 0. The predicted octanol–water partition coefficient (Wildman–Crippen LogP) is 4.79. The number of benzene rings is 3. The molecule has 0 aliphatic carbocycles. The van der Waals surface area contributed by atoms with E-state index in [0.29, 0.717) is 17.0 Å². The summed E-state index contributed by atoms with van der Waals surface area (Å²) in [5, 5.41) is 12.3. The number of pyridine rings is 1. The van der Waals surface area contributed by atoms with E-state index in [2.05, 4.69) is 0 Å². The van der Waals surface area contributed by atoms with Crippen molar-refractivity contribution in [3.05, 3.63) is 66.0 Å². The Hall–Kier alpha value is -2.98. The molecule has 5 rings (SSSR count). The number of rotatable bonds is 1. The molecule has 1 aromatic heterocycles. The van der Waals surface area contributed by atoms with Crippen molar-refractivity contribution in [1.29, 1.82) is 0 Å². The van der Waals surface area contributed by atoms with Gasteiger partial charge in [0.15, 0.2) is 0 Å². The van der Waals surface area contributed by atoms with Gasteiger partial charge in [-0.15, -0.1) is 0 Å². The molecule has 0 radical (unpaired) electrons. The maximum atomic E-state index is 13.8. The summed E-state index contributed by atoms with van der Waals surface area (Å²) in [5.41, 5.74) is 2.93. The number of hydrogen-bond acceptors (Lipinski definition) is 3. The topological polar surface area (TPSA) is 42.4 Å². The van der Waals surface area contributed by atoms with Gasteiger partial charge in [-0.3, -0.25) is 0 Å². The van der Waals surface area contributed by atoms with Crippen molar-refractivity contribution in [2.24, 2.45) is 0 Å². The molecule has 0 spiro atoms. The average Bonchev–Trinajstić information content (AvgIpc) is 2.62. The first kappa shape index (κ1) is 13.5. The maximum Gasteiger partial charge on any atom is 0.137 e. The van der Waals surface area contributed by atoms with Crippen molar-refractivity contribution < 1.29 is 14.2 Å². The zero-order chi connectivity index (χ0) is 16.3. The van der Waals surface area contributed by atoms with E-state index in [4.69, 9.17) is 9.72 Å². The second kappa shape index (κ2) is 4.76. The Morgan fingerprint density at radius 1 is 0.958 bits per heavy atom. The Bertz CT molecular complexity index is 1140. The third-order valence-electron chi connectivity index (χ3n) is 4.45. The van der Waals surface area contributed by atoms with Gasteiger partial charge < -0.3 is 9.84 Å². The third-order valence-corrected chi connectivity index (χ3v) is 4.45. The van der Waals surface area contributed by atoms with Crippen LogP contribution in [0.1, 0.15) is 5.56 Å². The monoisotopic (exact) mass is 317 g/mol. The number of halogens is 1. The van der Waals surface area contributed by atoms with Crippen LogP contribution in [0, 0.1) is 5.82 Å². The van der Waals surface area contributed by atoms with Crippen LogP contribution in [0.4, 0.5) is 4.39 Å². The molecular formula is C20H12FNO2. The van der Waals surface area contributed by atoms with Crippen molar-refractivity contribution in [1.82, 2.24) is 4.98 Å². The van der Waals surface area contributed by atoms with E-state index in [-0.39, 0.29) is 12.4 Å². The van der Waals surface area contributed by atoms with E-state index in [0.717, 1.165) is 33.0 Å². The summed E-state index contributed by atoms with van der Waals surface area (Å²) in [6.45, 7) is -0.0423. The van der Waals surface area contributed by atoms with Crippen LogP contribution in [0.5, 0.6) is 11.5 Å². The minimum absolute atomic E-state index is 0.0423. The van der Waals surface area contributed by atoms with Crippen LogP contribution in [0.15, 0.2) is 54.6 Å². The summed E-state index contributed by atoms with van der Waals surface area (Å²) in [7, 11) is 0. The number of aliphatic hydroxyl groups is 1.